The summed E-state index contributed by atoms with van der Waals surface area (Å²) in [5, 5.41) is 7.57. The van der Waals surface area contributed by atoms with Gasteiger partial charge in [0, 0.05) is 49.4 Å². The second-order valence-corrected chi connectivity index (χ2v) is 7.67. The highest BCUT2D eigenvalue weighted by molar-refractivity contribution is 5.92. The third-order valence-electron chi connectivity index (χ3n) is 5.51. The highest BCUT2D eigenvalue weighted by atomic mass is 16.2. The van der Waals surface area contributed by atoms with Crippen LogP contribution in [0.15, 0.2) is 30.7 Å². The number of amides is 1. The minimum atomic E-state index is -0.0858. The summed E-state index contributed by atoms with van der Waals surface area (Å²) < 4.78 is 1.83. The van der Waals surface area contributed by atoms with Crippen molar-refractivity contribution < 1.29 is 4.79 Å². The van der Waals surface area contributed by atoms with Gasteiger partial charge in [-0.2, -0.15) is 5.10 Å². The summed E-state index contributed by atoms with van der Waals surface area (Å²) in [6.45, 7) is 6.50. The summed E-state index contributed by atoms with van der Waals surface area (Å²) in [4.78, 5) is 32.3. The minimum Gasteiger partial charge on any atom is -0.331 e. The molecule has 3 aromatic heterocycles. The zero-order valence-electron chi connectivity index (χ0n) is 18.2. The molecule has 1 unspecified atom stereocenters. The molecule has 3 aromatic rings. The number of carbonyl (C=O) groups excluding carboxylic acids is 1. The van der Waals surface area contributed by atoms with Gasteiger partial charge in [0.15, 0.2) is 0 Å². The van der Waals surface area contributed by atoms with E-state index >= 15 is 0 Å². The lowest BCUT2D eigenvalue weighted by Gasteiger charge is -2.23. The highest BCUT2D eigenvalue weighted by Crippen LogP contribution is 2.32. The van der Waals surface area contributed by atoms with E-state index in [4.69, 9.17) is 0 Å². The molecule has 1 atom stereocenters. The van der Waals surface area contributed by atoms with E-state index in [1.165, 1.54) is 0 Å². The number of carbonyl (C=O) groups is 1. The summed E-state index contributed by atoms with van der Waals surface area (Å²) in [6, 6.07) is 1.80. The number of aryl methyl sites for hydroxylation is 3. The van der Waals surface area contributed by atoms with Gasteiger partial charge < -0.3 is 10.2 Å². The number of likely N-dealkylation sites (tertiary alicyclic amines) is 1. The van der Waals surface area contributed by atoms with Gasteiger partial charge in [-0.05, 0) is 39.7 Å². The molecule has 0 spiro atoms. The molecule has 1 N–H and O–H groups in total. The van der Waals surface area contributed by atoms with Crippen molar-refractivity contribution in [2.45, 2.75) is 39.7 Å². The number of hydrogen-bond donors (Lipinski definition) is 1. The van der Waals surface area contributed by atoms with Gasteiger partial charge in [-0.15, -0.1) is 0 Å². The Kier molecular flexibility index (Phi) is 5.75. The zero-order valence-corrected chi connectivity index (χ0v) is 18.2. The number of aromatic nitrogens is 6. The number of rotatable bonds is 5. The van der Waals surface area contributed by atoms with Gasteiger partial charge in [0.05, 0.1) is 23.6 Å². The predicted molar refractivity (Wildman–Crippen MR) is 117 cm³/mol. The fourth-order valence-electron chi connectivity index (χ4n) is 3.94. The van der Waals surface area contributed by atoms with Crippen molar-refractivity contribution in [2.75, 3.05) is 11.9 Å². The first-order chi connectivity index (χ1) is 14.9. The zero-order chi connectivity index (χ0) is 22.0. The Morgan fingerprint density at radius 2 is 2.03 bits per heavy atom. The van der Waals surface area contributed by atoms with E-state index in [0.717, 1.165) is 35.5 Å². The van der Waals surface area contributed by atoms with Crippen LogP contribution in [0.5, 0.6) is 0 Å². The summed E-state index contributed by atoms with van der Waals surface area (Å²) in [5.41, 5.74) is 3.76. The molecule has 1 amide bonds. The monoisotopic (exact) mass is 418 g/mol. The van der Waals surface area contributed by atoms with Crippen molar-refractivity contribution >= 4 is 23.6 Å². The van der Waals surface area contributed by atoms with Gasteiger partial charge >= 0.3 is 0 Å². The molecule has 1 saturated heterocycles. The first-order valence-electron chi connectivity index (χ1n) is 10.3. The Morgan fingerprint density at radius 1 is 1.19 bits per heavy atom. The van der Waals surface area contributed by atoms with Crippen molar-refractivity contribution in [3.63, 3.8) is 0 Å². The van der Waals surface area contributed by atoms with Crippen LogP contribution in [0.3, 0.4) is 0 Å². The average molecular weight is 419 g/mol. The standard InChI is InChI=1S/C22H26N8O/c1-14-17(15(2)29(4)28-14)7-8-22(31)30-11-5-6-19(30)18-12-20(26-16(3)25-18)27-21-13-23-9-10-24-21/h7-10,12-13,19H,5-6,11H2,1-4H3,(H,24,25,26,27)/b8-7+. The van der Waals surface area contributed by atoms with Crippen molar-refractivity contribution in [1.29, 1.82) is 0 Å². The Bertz CT molecular complexity index is 1120. The fourth-order valence-corrected chi connectivity index (χ4v) is 3.94. The Balaban J connectivity index is 1.55. The topological polar surface area (TPSA) is 102 Å². The van der Waals surface area contributed by atoms with Gasteiger partial charge in [-0.3, -0.25) is 14.5 Å². The average Bonchev–Trinajstić information content (AvgIpc) is 3.32. The second-order valence-electron chi connectivity index (χ2n) is 7.67. The van der Waals surface area contributed by atoms with Gasteiger partial charge in [-0.1, -0.05) is 0 Å². The van der Waals surface area contributed by atoms with Crippen molar-refractivity contribution in [1.82, 2.24) is 34.6 Å². The normalized spacial score (nSPS) is 16.3. The first kappa shape index (κ1) is 20.6. The third kappa shape index (κ3) is 4.45. The lowest BCUT2D eigenvalue weighted by Crippen LogP contribution is -2.29. The van der Waals surface area contributed by atoms with Gasteiger partial charge in [0.1, 0.15) is 17.5 Å². The van der Waals surface area contributed by atoms with E-state index in [0.29, 0.717) is 24.0 Å². The van der Waals surface area contributed by atoms with Gasteiger partial charge in [0.25, 0.3) is 0 Å². The maximum atomic E-state index is 13.0. The predicted octanol–water partition coefficient (Wildman–Crippen LogP) is 3.05. The maximum absolute atomic E-state index is 13.0. The van der Waals surface area contributed by atoms with Crippen LogP contribution in [0.1, 0.15) is 47.4 Å². The van der Waals surface area contributed by atoms with Crippen LogP contribution >= 0.6 is 0 Å². The minimum absolute atomic E-state index is 0.0233. The van der Waals surface area contributed by atoms with Crippen LogP contribution in [-0.2, 0) is 11.8 Å². The maximum Gasteiger partial charge on any atom is 0.247 e. The molecule has 0 saturated carbocycles. The van der Waals surface area contributed by atoms with Crippen LogP contribution in [0.2, 0.25) is 0 Å². The van der Waals surface area contributed by atoms with E-state index < -0.39 is 0 Å². The van der Waals surface area contributed by atoms with E-state index in [1.54, 1.807) is 24.7 Å². The van der Waals surface area contributed by atoms with Gasteiger partial charge in [-0.25, -0.2) is 15.0 Å². The molecule has 4 rings (SSSR count). The molecule has 4 heterocycles. The quantitative estimate of drug-likeness (QED) is 0.635. The van der Waals surface area contributed by atoms with Crippen LogP contribution in [0, 0.1) is 20.8 Å². The van der Waals surface area contributed by atoms with Crippen LogP contribution in [-0.4, -0.2) is 47.1 Å². The molecule has 9 nitrogen and oxygen atoms in total. The molecular weight excluding hydrogens is 392 g/mol. The summed E-state index contributed by atoms with van der Waals surface area (Å²) in [7, 11) is 1.90. The van der Waals surface area contributed by atoms with Crippen molar-refractivity contribution in [3.8, 4) is 0 Å². The number of hydrogen-bond acceptors (Lipinski definition) is 7. The number of nitrogens with one attached hydrogen (secondary N) is 1. The van der Waals surface area contributed by atoms with E-state index in [-0.39, 0.29) is 11.9 Å². The van der Waals surface area contributed by atoms with Gasteiger partial charge in [0.2, 0.25) is 5.91 Å². The fraction of sp³-hybridized carbons (Fsp3) is 0.364. The van der Waals surface area contributed by atoms with E-state index in [9.17, 15) is 4.79 Å². The molecule has 1 aliphatic rings. The first-order valence-corrected chi connectivity index (χ1v) is 10.3. The van der Waals surface area contributed by atoms with E-state index in [2.05, 4.69) is 30.4 Å². The van der Waals surface area contributed by atoms with Crippen LogP contribution in [0.25, 0.3) is 6.08 Å². The molecule has 1 aliphatic heterocycles. The second kappa shape index (κ2) is 8.63. The molecule has 0 aliphatic carbocycles. The number of anilines is 2. The third-order valence-corrected chi connectivity index (χ3v) is 5.51. The molecule has 9 heteroatoms. The Morgan fingerprint density at radius 3 is 2.74 bits per heavy atom. The molecule has 0 radical (unpaired) electrons. The lowest BCUT2D eigenvalue weighted by molar-refractivity contribution is -0.126. The molecule has 31 heavy (non-hydrogen) atoms. The molecule has 1 fully saturated rings. The molecule has 0 bridgehead atoms. The van der Waals surface area contributed by atoms with Crippen molar-refractivity contribution in [3.05, 3.63) is 59.2 Å². The van der Waals surface area contributed by atoms with E-state index in [1.807, 2.05) is 49.5 Å². The smallest absolute Gasteiger partial charge is 0.247 e. The number of nitrogens with zero attached hydrogens (tertiary/aromatic N) is 7. The lowest BCUT2D eigenvalue weighted by atomic mass is 10.1. The summed E-state index contributed by atoms with van der Waals surface area (Å²) in [5.74, 6) is 1.86. The Labute approximate surface area is 181 Å². The SMILES string of the molecule is Cc1nc(Nc2cnccn2)cc(C2CCCN2C(=O)/C=C/c2c(C)nn(C)c2C)n1. The molecular formula is C22H26N8O. The van der Waals surface area contributed by atoms with Crippen molar-refractivity contribution in [2.24, 2.45) is 7.05 Å². The highest BCUT2D eigenvalue weighted by Gasteiger charge is 2.30. The largest absolute Gasteiger partial charge is 0.331 e. The Hall–Kier alpha value is -3.62. The van der Waals surface area contributed by atoms with Crippen LogP contribution < -0.4 is 5.32 Å². The summed E-state index contributed by atoms with van der Waals surface area (Å²) >= 11 is 0. The van der Waals surface area contributed by atoms with Crippen LogP contribution in [0.4, 0.5) is 11.6 Å². The molecule has 160 valence electrons. The summed E-state index contributed by atoms with van der Waals surface area (Å²) in [6.07, 6.45) is 10.2. The molecule has 0 aromatic carbocycles.